The first-order valence-corrected chi connectivity index (χ1v) is 9.27. The lowest BCUT2D eigenvalue weighted by atomic mass is 10.0. The highest BCUT2D eigenvalue weighted by molar-refractivity contribution is 7.92. The molecule has 0 fully saturated rings. The molecule has 0 aromatic heterocycles. The number of hydrogen-bond acceptors (Lipinski definition) is 3. The van der Waals surface area contributed by atoms with E-state index >= 15 is 0 Å². The fraction of sp³-hybridized carbons (Fsp3) is 0.294. The highest BCUT2D eigenvalue weighted by Gasteiger charge is 2.07. The summed E-state index contributed by atoms with van der Waals surface area (Å²) < 4.78 is 24.9. The van der Waals surface area contributed by atoms with E-state index in [-0.39, 0.29) is 0 Å². The van der Waals surface area contributed by atoms with Crippen LogP contribution in [0, 0.1) is 0 Å². The Morgan fingerprint density at radius 2 is 1.36 bits per heavy atom. The maximum absolute atomic E-state index is 11.2. The molecule has 2 aromatic carbocycles. The number of sulfonamides is 1. The third kappa shape index (κ3) is 4.24. The van der Waals surface area contributed by atoms with Crippen molar-refractivity contribution in [1.82, 2.24) is 0 Å². The van der Waals surface area contributed by atoms with Crippen molar-refractivity contribution in [3.63, 3.8) is 0 Å². The topological polar surface area (TPSA) is 58.2 Å². The molecule has 0 atom stereocenters. The van der Waals surface area contributed by atoms with Gasteiger partial charge in [0.15, 0.2) is 0 Å². The van der Waals surface area contributed by atoms with Crippen LogP contribution in [0.25, 0.3) is 0 Å². The van der Waals surface area contributed by atoms with E-state index in [1.807, 2.05) is 12.1 Å². The Kier molecular flexibility index (Phi) is 5.08. The molecule has 0 heterocycles. The van der Waals surface area contributed by atoms with Crippen LogP contribution in [0.3, 0.4) is 0 Å². The molecule has 0 saturated carbocycles. The Hall–Kier alpha value is -2.01. The fourth-order valence-corrected chi connectivity index (χ4v) is 2.95. The van der Waals surface area contributed by atoms with Crippen molar-refractivity contribution in [3.8, 4) is 0 Å². The van der Waals surface area contributed by atoms with Gasteiger partial charge in [0.2, 0.25) is 10.0 Å². The van der Waals surface area contributed by atoms with Gasteiger partial charge in [-0.15, -0.1) is 0 Å². The number of aryl methyl sites for hydroxylation is 2. The lowest BCUT2D eigenvalue weighted by molar-refractivity contribution is 0.607. The quantitative estimate of drug-likeness (QED) is 0.848. The highest BCUT2D eigenvalue weighted by Crippen LogP contribution is 2.27. The molecule has 118 valence electrons. The van der Waals surface area contributed by atoms with E-state index in [0.29, 0.717) is 5.69 Å². The van der Waals surface area contributed by atoms with Crippen LogP contribution in [0.4, 0.5) is 17.1 Å². The molecular weight excluding hydrogens is 296 g/mol. The van der Waals surface area contributed by atoms with Crippen molar-refractivity contribution in [2.24, 2.45) is 0 Å². The summed E-state index contributed by atoms with van der Waals surface area (Å²) in [5, 5.41) is 3.46. The summed E-state index contributed by atoms with van der Waals surface area (Å²) in [7, 11) is -3.24. The zero-order valence-corrected chi connectivity index (χ0v) is 14.0. The molecule has 2 rings (SSSR count). The van der Waals surface area contributed by atoms with Crippen molar-refractivity contribution in [2.45, 2.75) is 26.7 Å². The molecule has 4 nitrogen and oxygen atoms in total. The Morgan fingerprint density at radius 3 is 1.82 bits per heavy atom. The average Bonchev–Trinajstić information content (AvgIpc) is 2.48. The summed E-state index contributed by atoms with van der Waals surface area (Å²) in [6.45, 7) is 4.28. The summed E-state index contributed by atoms with van der Waals surface area (Å²) in [4.78, 5) is 0. The molecule has 0 unspecified atom stereocenters. The standard InChI is InChI=1S/C17H22N2O2S/c1-4-13-7-6-8-14(5-2)17(13)18-15-9-11-16(12-10-15)19-22(3,20)21/h6-12,18-19H,4-5H2,1-3H3. The molecule has 0 saturated heterocycles. The first-order valence-electron chi connectivity index (χ1n) is 7.38. The molecule has 0 spiro atoms. The van der Waals surface area contributed by atoms with Gasteiger partial charge in [0, 0.05) is 17.1 Å². The van der Waals surface area contributed by atoms with Gasteiger partial charge < -0.3 is 5.32 Å². The molecule has 0 radical (unpaired) electrons. The average molecular weight is 318 g/mol. The summed E-state index contributed by atoms with van der Waals surface area (Å²) in [5.74, 6) is 0. The lowest BCUT2D eigenvalue weighted by Crippen LogP contribution is -2.09. The maximum atomic E-state index is 11.2. The Bertz CT molecular complexity index is 716. The normalized spacial score (nSPS) is 11.2. The smallest absolute Gasteiger partial charge is 0.229 e. The van der Waals surface area contributed by atoms with E-state index in [1.54, 1.807) is 12.1 Å². The van der Waals surface area contributed by atoms with Gasteiger partial charge in [-0.1, -0.05) is 32.0 Å². The van der Waals surface area contributed by atoms with Gasteiger partial charge in [0.1, 0.15) is 0 Å². The van der Waals surface area contributed by atoms with Crippen molar-refractivity contribution >= 4 is 27.1 Å². The van der Waals surface area contributed by atoms with E-state index in [1.165, 1.54) is 11.1 Å². The van der Waals surface area contributed by atoms with Crippen LogP contribution in [0.15, 0.2) is 42.5 Å². The molecule has 0 aliphatic carbocycles. The van der Waals surface area contributed by atoms with Crippen LogP contribution in [0.2, 0.25) is 0 Å². The summed E-state index contributed by atoms with van der Waals surface area (Å²) >= 11 is 0. The monoisotopic (exact) mass is 318 g/mol. The minimum Gasteiger partial charge on any atom is -0.355 e. The first-order chi connectivity index (χ1) is 10.4. The molecule has 0 aliphatic heterocycles. The van der Waals surface area contributed by atoms with Crippen molar-refractivity contribution in [3.05, 3.63) is 53.6 Å². The van der Waals surface area contributed by atoms with Gasteiger partial charge in [-0.05, 0) is 48.2 Å². The van der Waals surface area contributed by atoms with Crippen LogP contribution in [0.1, 0.15) is 25.0 Å². The minimum atomic E-state index is -3.24. The van der Waals surface area contributed by atoms with E-state index in [0.717, 1.165) is 30.5 Å². The van der Waals surface area contributed by atoms with E-state index < -0.39 is 10.0 Å². The van der Waals surface area contributed by atoms with Gasteiger partial charge in [-0.2, -0.15) is 0 Å². The summed E-state index contributed by atoms with van der Waals surface area (Å²) in [5.41, 5.74) is 5.20. The predicted octanol–water partition coefficient (Wildman–Crippen LogP) is 3.93. The molecule has 22 heavy (non-hydrogen) atoms. The van der Waals surface area contributed by atoms with Gasteiger partial charge in [-0.3, -0.25) is 4.72 Å². The van der Waals surface area contributed by atoms with Gasteiger partial charge in [-0.25, -0.2) is 8.42 Å². The number of nitrogens with one attached hydrogen (secondary N) is 2. The molecule has 0 bridgehead atoms. The second kappa shape index (κ2) is 6.83. The molecule has 2 aromatic rings. The molecular formula is C17H22N2O2S. The molecule has 0 aliphatic rings. The number of benzene rings is 2. The molecule has 0 amide bonds. The fourth-order valence-electron chi connectivity index (χ4n) is 2.38. The second-order valence-corrected chi connectivity index (χ2v) is 6.98. The van der Waals surface area contributed by atoms with Crippen molar-refractivity contribution < 1.29 is 8.42 Å². The summed E-state index contributed by atoms with van der Waals surface area (Å²) in [6.07, 6.45) is 3.07. The van der Waals surface area contributed by atoms with Gasteiger partial charge >= 0.3 is 0 Å². The number of rotatable bonds is 6. The first kappa shape index (κ1) is 16.4. The van der Waals surface area contributed by atoms with Crippen LogP contribution in [0.5, 0.6) is 0 Å². The van der Waals surface area contributed by atoms with E-state index in [4.69, 9.17) is 0 Å². The SMILES string of the molecule is CCc1cccc(CC)c1Nc1ccc(NS(C)(=O)=O)cc1. The largest absolute Gasteiger partial charge is 0.355 e. The van der Waals surface area contributed by atoms with Crippen LogP contribution in [-0.4, -0.2) is 14.7 Å². The zero-order chi connectivity index (χ0) is 16.2. The second-order valence-electron chi connectivity index (χ2n) is 5.23. The van der Waals surface area contributed by atoms with Crippen LogP contribution < -0.4 is 10.0 Å². The van der Waals surface area contributed by atoms with E-state index in [2.05, 4.69) is 42.1 Å². The predicted molar refractivity (Wildman–Crippen MR) is 93.4 cm³/mol. The minimum absolute atomic E-state index is 0.563. The van der Waals surface area contributed by atoms with E-state index in [9.17, 15) is 8.42 Å². The Balaban J connectivity index is 2.25. The molecule has 5 heteroatoms. The van der Waals surface area contributed by atoms with Gasteiger partial charge in [0.05, 0.1) is 6.26 Å². The highest BCUT2D eigenvalue weighted by atomic mass is 32.2. The van der Waals surface area contributed by atoms with Crippen LogP contribution >= 0.6 is 0 Å². The number of anilines is 3. The van der Waals surface area contributed by atoms with Crippen molar-refractivity contribution in [2.75, 3.05) is 16.3 Å². The zero-order valence-electron chi connectivity index (χ0n) is 13.2. The Morgan fingerprint density at radius 1 is 0.864 bits per heavy atom. The summed E-state index contributed by atoms with van der Waals surface area (Å²) in [6, 6.07) is 13.6. The van der Waals surface area contributed by atoms with Crippen LogP contribution in [-0.2, 0) is 22.9 Å². The Labute approximate surface area is 132 Å². The lowest BCUT2D eigenvalue weighted by Gasteiger charge is -2.16. The van der Waals surface area contributed by atoms with Gasteiger partial charge in [0.25, 0.3) is 0 Å². The van der Waals surface area contributed by atoms with Crippen molar-refractivity contribution in [1.29, 1.82) is 0 Å². The third-order valence-corrected chi connectivity index (χ3v) is 4.06. The molecule has 2 N–H and O–H groups in total. The third-order valence-electron chi connectivity index (χ3n) is 3.46. The number of para-hydroxylation sites is 1. The maximum Gasteiger partial charge on any atom is 0.229 e. The number of hydrogen-bond donors (Lipinski definition) is 2.